The Morgan fingerprint density at radius 1 is 1.20 bits per heavy atom. The highest BCUT2D eigenvalue weighted by Gasteiger charge is 2.04. The molecule has 0 saturated heterocycles. The number of nitrogens with one attached hydrogen (secondary N) is 1. The van der Waals surface area contributed by atoms with Crippen LogP contribution in [0.3, 0.4) is 0 Å². The molecule has 0 radical (unpaired) electrons. The average molecular weight is 290 g/mol. The van der Waals surface area contributed by atoms with E-state index in [9.17, 15) is 4.79 Å². The van der Waals surface area contributed by atoms with E-state index in [0.717, 1.165) is 17.2 Å². The molecule has 0 aliphatic rings. The van der Waals surface area contributed by atoms with Crippen molar-refractivity contribution in [3.8, 4) is 5.75 Å². The van der Waals surface area contributed by atoms with Crippen molar-refractivity contribution in [3.05, 3.63) is 51.4 Å². The summed E-state index contributed by atoms with van der Waals surface area (Å²) in [5, 5.41) is 0.644. The van der Waals surface area contributed by atoms with Gasteiger partial charge in [-0.1, -0.05) is 29.5 Å². The first kappa shape index (κ1) is 14.7. The zero-order valence-corrected chi connectivity index (χ0v) is 12.7. The number of aromatic amines is 1. The molecule has 1 aromatic heterocycles. The van der Waals surface area contributed by atoms with Crippen molar-refractivity contribution in [1.29, 1.82) is 0 Å². The van der Waals surface area contributed by atoms with E-state index in [1.807, 2.05) is 38.1 Å². The van der Waals surface area contributed by atoms with Gasteiger partial charge in [-0.2, -0.15) is 0 Å². The molecule has 2 aromatic rings. The largest absolute Gasteiger partial charge is 0.493 e. The van der Waals surface area contributed by atoms with Crippen LogP contribution in [0.2, 0.25) is 0 Å². The van der Waals surface area contributed by atoms with Gasteiger partial charge >= 0.3 is 0 Å². The van der Waals surface area contributed by atoms with Crippen LogP contribution in [0.1, 0.15) is 16.8 Å². The second-order valence-corrected chi connectivity index (χ2v) is 5.68. The first-order chi connectivity index (χ1) is 9.56. The molecule has 0 atom stereocenters. The molecule has 2 rings (SSSR count). The maximum absolute atomic E-state index is 11.6. The molecule has 0 saturated carbocycles. The standard InChI is InChI=1S/C15H18N2O2S/c1-10-4-6-13(7-5-10)19-8-9-20-15-16-12(3)11(2)14(18)17-15/h4-7H,8-9H2,1-3H3,(H,16,17,18). The summed E-state index contributed by atoms with van der Waals surface area (Å²) in [7, 11) is 0. The number of rotatable bonds is 5. The van der Waals surface area contributed by atoms with Crippen LogP contribution in [0.15, 0.2) is 34.2 Å². The van der Waals surface area contributed by atoms with Crippen molar-refractivity contribution in [3.63, 3.8) is 0 Å². The van der Waals surface area contributed by atoms with Gasteiger partial charge in [0, 0.05) is 17.0 Å². The van der Waals surface area contributed by atoms with Crippen LogP contribution in [0, 0.1) is 20.8 Å². The van der Waals surface area contributed by atoms with Crippen LogP contribution >= 0.6 is 11.8 Å². The minimum atomic E-state index is -0.0700. The summed E-state index contributed by atoms with van der Waals surface area (Å²) >= 11 is 1.49. The lowest BCUT2D eigenvalue weighted by Crippen LogP contribution is -2.14. The van der Waals surface area contributed by atoms with Crippen molar-refractivity contribution < 1.29 is 4.74 Å². The number of ether oxygens (including phenoxy) is 1. The zero-order chi connectivity index (χ0) is 14.5. The second kappa shape index (κ2) is 6.61. The molecule has 0 amide bonds. The summed E-state index contributed by atoms with van der Waals surface area (Å²) in [5.41, 5.74) is 2.59. The number of aryl methyl sites for hydroxylation is 2. The molecule has 1 heterocycles. The van der Waals surface area contributed by atoms with Gasteiger partial charge in [-0.05, 0) is 32.9 Å². The number of thioether (sulfide) groups is 1. The molecule has 106 valence electrons. The summed E-state index contributed by atoms with van der Waals surface area (Å²) in [6, 6.07) is 7.95. The lowest BCUT2D eigenvalue weighted by Gasteiger charge is -2.06. The number of hydrogen-bond acceptors (Lipinski definition) is 4. The first-order valence-corrected chi connectivity index (χ1v) is 7.44. The molecule has 0 fully saturated rings. The van der Waals surface area contributed by atoms with Gasteiger partial charge in [0.25, 0.3) is 5.56 Å². The average Bonchev–Trinajstić information content (AvgIpc) is 2.43. The van der Waals surface area contributed by atoms with Gasteiger partial charge < -0.3 is 9.72 Å². The van der Waals surface area contributed by atoms with Crippen molar-refractivity contribution >= 4 is 11.8 Å². The normalized spacial score (nSPS) is 10.6. The molecule has 0 unspecified atom stereocenters. The van der Waals surface area contributed by atoms with E-state index in [1.54, 1.807) is 6.92 Å². The van der Waals surface area contributed by atoms with Gasteiger partial charge in [-0.3, -0.25) is 4.79 Å². The molecular formula is C15H18N2O2S. The summed E-state index contributed by atoms with van der Waals surface area (Å²) in [6.45, 7) is 6.24. The van der Waals surface area contributed by atoms with E-state index in [2.05, 4.69) is 9.97 Å². The van der Waals surface area contributed by atoms with Gasteiger partial charge in [0.05, 0.1) is 6.61 Å². The Kier molecular flexibility index (Phi) is 4.84. The van der Waals surface area contributed by atoms with Crippen LogP contribution < -0.4 is 10.3 Å². The van der Waals surface area contributed by atoms with Gasteiger partial charge in [-0.25, -0.2) is 4.98 Å². The topological polar surface area (TPSA) is 55.0 Å². The van der Waals surface area contributed by atoms with Crippen molar-refractivity contribution in [2.24, 2.45) is 0 Å². The monoisotopic (exact) mass is 290 g/mol. The highest BCUT2D eigenvalue weighted by Crippen LogP contribution is 2.14. The van der Waals surface area contributed by atoms with Crippen molar-refractivity contribution in [1.82, 2.24) is 9.97 Å². The first-order valence-electron chi connectivity index (χ1n) is 6.46. The molecule has 0 aliphatic carbocycles. The lowest BCUT2D eigenvalue weighted by atomic mass is 10.2. The minimum Gasteiger partial charge on any atom is -0.493 e. The third-order valence-electron chi connectivity index (χ3n) is 2.98. The van der Waals surface area contributed by atoms with E-state index in [-0.39, 0.29) is 5.56 Å². The number of aromatic nitrogens is 2. The Labute approximate surface area is 122 Å². The predicted molar refractivity (Wildman–Crippen MR) is 81.7 cm³/mol. The maximum atomic E-state index is 11.6. The number of hydrogen-bond donors (Lipinski definition) is 1. The Bertz CT molecular complexity index is 635. The van der Waals surface area contributed by atoms with Crippen LogP contribution in [0.5, 0.6) is 5.75 Å². The molecule has 0 bridgehead atoms. The van der Waals surface area contributed by atoms with Crippen LogP contribution in [0.25, 0.3) is 0 Å². The highest BCUT2D eigenvalue weighted by atomic mass is 32.2. The van der Waals surface area contributed by atoms with E-state index in [1.165, 1.54) is 17.3 Å². The number of benzene rings is 1. The SMILES string of the molecule is Cc1ccc(OCCSc2nc(C)c(C)c(=O)[nH]2)cc1. The Hall–Kier alpha value is -1.75. The highest BCUT2D eigenvalue weighted by molar-refractivity contribution is 7.99. The molecule has 5 heteroatoms. The van der Waals surface area contributed by atoms with E-state index >= 15 is 0 Å². The Morgan fingerprint density at radius 2 is 1.90 bits per heavy atom. The van der Waals surface area contributed by atoms with E-state index in [4.69, 9.17) is 4.74 Å². The van der Waals surface area contributed by atoms with Gasteiger partial charge in [0.2, 0.25) is 0 Å². The van der Waals surface area contributed by atoms with E-state index < -0.39 is 0 Å². The maximum Gasteiger partial charge on any atom is 0.254 e. The summed E-state index contributed by atoms with van der Waals surface area (Å²) < 4.78 is 5.63. The summed E-state index contributed by atoms with van der Waals surface area (Å²) in [6.07, 6.45) is 0. The molecule has 4 nitrogen and oxygen atoms in total. The predicted octanol–water partition coefficient (Wildman–Crippen LogP) is 2.87. The van der Waals surface area contributed by atoms with Gasteiger partial charge in [0.1, 0.15) is 5.75 Å². The Balaban J connectivity index is 1.84. The summed E-state index contributed by atoms with van der Waals surface area (Å²) in [4.78, 5) is 18.7. The third kappa shape index (κ3) is 3.87. The minimum absolute atomic E-state index is 0.0700. The van der Waals surface area contributed by atoms with Crippen LogP contribution in [0.4, 0.5) is 0 Å². The lowest BCUT2D eigenvalue weighted by molar-refractivity contribution is 0.344. The van der Waals surface area contributed by atoms with Crippen LogP contribution in [-0.4, -0.2) is 22.3 Å². The molecule has 1 aromatic carbocycles. The fraction of sp³-hybridized carbons (Fsp3) is 0.333. The quantitative estimate of drug-likeness (QED) is 0.522. The third-order valence-corrected chi connectivity index (χ3v) is 3.82. The van der Waals surface area contributed by atoms with Crippen LogP contribution in [-0.2, 0) is 0 Å². The number of nitrogens with zero attached hydrogens (tertiary/aromatic N) is 1. The second-order valence-electron chi connectivity index (χ2n) is 4.59. The molecule has 20 heavy (non-hydrogen) atoms. The summed E-state index contributed by atoms with van der Waals surface area (Å²) in [5.74, 6) is 1.59. The molecule has 0 spiro atoms. The van der Waals surface area contributed by atoms with Crippen molar-refractivity contribution in [2.75, 3.05) is 12.4 Å². The van der Waals surface area contributed by atoms with Gasteiger partial charge in [-0.15, -0.1) is 0 Å². The van der Waals surface area contributed by atoms with Crippen molar-refractivity contribution in [2.45, 2.75) is 25.9 Å². The molecule has 0 aliphatic heterocycles. The number of H-pyrrole nitrogens is 1. The fourth-order valence-electron chi connectivity index (χ4n) is 1.62. The molecule has 1 N–H and O–H groups in total. The van der Waals surface area contributed by atoms with E-state index in [0.29, 0.717) is 17.3 Å². The molecular weight excluding hydrogens is 272 g/mol. The van der Waals surface area contributed by atoms with Gasteiger partial charge in [0.15, 0.2) is 5.16 Å². The Morgan fingerprint density at radius 3 is 2.55 bits per heavy atom. The fourth-order valence-corrected chi connectivity index (χ4v) is 2.35. The smallest absolute Gasteiger partial charge is 0.254 e. The zero-order valence-electron chi connectivity index (χ0n) is 11.9.